The van der Waals surface area contributed by atoms with Crippen LogP contribution in [0.2, 0.25) is 0 Å². The maximum absolute atomic E-state index is 10.1. The lowest BCUT2D eigenvalue weighted by molar-refractivity contribution is -0.0593. The second-order valence-electron chi connectivity index (χ2n) is 3.66. The fourth-order valence-electron chi connectivity index (χ4n) is 1.94. The highest BCUT2D eigenvalue weighted by Crippen LogP contribution is 2.42. The monoisotopic (exact) mass is 245 g/mol. The van der Waals surface area contributed by atoms with Crippen LogP contribution in [0.15, 0.2) is 10.7 Å². The molecule has 0 bridgehead atoms. The molecular formula is C8H12BrN3O. The van der Waals surface area contributed by atoms with E-state index in [4.69, 9.17) is 5.73 Å². The highest BCUT2D eigenvalue weighted by molar-refractivity contribution is 9.10. The van der Waals surface area contributed by atoms with Gasteiger partial charge >= 0.3 is 0 Å². The van der Waals surface area contributed by atoms with Gasteiger partial charge in [0, 0.05) is 13.1 Å². The lowest BCUT2D eigenvalue weighted by Crippen LogP contribution is -2.50. The summed E-state index contributed by atoms with van der Waals surface area (Å²) in [4.78, 5) is 0. The summed E-state index contributed by atoms with van der Waals surface area (Å²) in [7, 11) is 1.82. The Morgan fingerprint density at radius 1 is 1.77 bits per heavy atom. The molecule has 1 aliphatic carbocycles. The van der Waals surface area contributed by atoms with Gasteiger partial charge in [0.2, 0.25) is 0 Å². The molecule has 0 aromatic carbocycles. The smallest absolute Gasteiger partial charge is 0.110 e. The average Bonchev–Trinajstić information content (AvgIpc) is 2.28. The van der Waals surface area contributed by atoms with E-state index in [2.05, 4.69) is 21.0 Å². The molecule has 3 N–H and O–H groups in total. The molecule has 1 fully saturated rings. The van der Waals surface area contributed by atoms with Gasteiger partial charge in [0.15, 0.2) is 0 Å². The predicted molar refractivity (Wildman–Crippen MR) is 52.0 cm³/mol. The number of nitrogens with two attached hydrogens (primary N) is 1. The predicted octanol–water partition coefficient (Wildman–Crippen LogP) is 0.491. The van der Waals surface area contributed by atoms with Crippen LogP contribution in [0.1, 0.15) is 18.5 Å². The molecular weight excluding hydrogens is 234 g/mol. The number of hydrogen-bond donors (Lipinski definition) is 2. The van der Waals surface area contributed by atoms with Crippen molar-refractivity contribution in [1.29, 1.82) is 0 Å². The molecule has 0 unspecified atom stereocenters. The Bertz CT molecular complexity index is 311. The van der Waals surface area contributed by atoms with E-state index in [9.17, 15) is 5.11 Å². The molecule has 13 heavy (non-hydrogen) atoms. The number of halogens is 1. The zero-order valence-electron chi connectivity index (χ0n) is 7.37. The Morgan fingerprint density at radius 3 is 2.77 bits per heavy atom. The largest absolute Gasteiger partial charge is 0.383 e. The standard InChI is InChI=1S/C8H12BrN3O/c1-12-7(6(9)4-11-12)8(13)2-5(10)3-8/h4-5,13H,2-3,10H2,1H3. The lowest BCUT2D eigenvalue weighted by Gasteiger charge is -2.41. The first-order chi connectivity index (χ1) is 6.03. The van der Waals surface area contributed by atoms with Gasteiger partial charge < -0.3 is 10.8 Å². The van der Waals surface area contributed by atoms with Crippen LogP contribution in [-0.4, -0.2) is 20.9 Å². The fourth-order valence-corrected chi connectivity index (χ4v) is 2.65. The van der Waals surface area contributed by atoms with E-state index in [0.29, 0.717) is 12.8 Å². The van der Waals surface area contributed by atoms with Crippen molar-refractivity contribution in [2.24, 2.45) is 12.8 Å². The van der Waals surface area contributed by atoms with Crippen LogP contribution in [0.3, 0.4) is 0 Å². The quantitative estimate of drug-likeness (QED) is 0.758. The van der Waals surface area contributed by atoms with Crippen LogP contribution in [0.4, 0.5) is 0 Å². The molecule has 0 saturated heterocycles. The number of nitrogens with zero attached hydrogens (tertiary/aromatic N) is 2. The molecule has 0 spiro atoms. The van der Waals surface area contributed by atoms with E-state index in [0.717, 1.165) is 10.2 Å². The Morgan fingerprint density at radius 2 is 2.38 bits per heavy atom. The summed E-state index contributed by atoms with van der Waals surface area (Å²) in [6.45, 7) is 0. The van der Waals surface area contributed by atoms with Crippen LogP contribution in [0.25, 0.3) is 0 Å². The number of aryl methyl sites for hydroxylation is 1. The summed E-state index contributed by atoms with van der Waals surface area (Å²) in [5.41, 5.74) is 5.71. The molecule has 2 rings (SSSR count). The summed E-state index contributed by atoms with van der Waals surface area (Å²) in [5.74, 6) is 0. The molecule has 1 aromatic rings. The van der Waals surface area contributed by atoms with E-state index in [1.54, 1.807) is 10.9 Å². The van der Waals surface area contributed by atoms with E-state index < -0.39 is 5.60 Å². The van der Waals surface area contributed by atoms with Crippen molar-refractivity contribution in [3.05, 3.63) is 16.4 Å². The normalized spacial score (nSPS) is 33.1. The third-order valence-electron chi connectivity index (χ3n) is 2.53. The van der Waals surface area contributed by atoms with Crippen molar-refractivity contribution >= 4 is 15.9 Å². The van der Waals surface area contributed by atoms with Crippen LogP contribution in [0.5, 0.6) is 0 Å². The van der Waals surface area contributed by atoms with Crippen molar-refractivity contribution in [2.75, 3.05) is 0 Å². The van der Waals surface area contributed by atoms with E-state index in [-0.39, 0.29) is 6.04 Å². The van der Waals surface area contributed by atoms with Crippen LogP contribution < -0.4 is 5.73 Å². The Balaban J connectivity index is 2.35. The van der Waals surface area contributed by atoms with Crippen LogP contribution in [-0.2, 0) is 12.6 Å². The molecule has 5 heteroatoms. The number of hydrogen-bond acceptors (Lipinski definition) is 3. The molecule has 4 nitrogen and oxygen atoms in total. The van der Waals surface area contributed by atoms with Gasteiger partial charge in [-0.1, -0.05) is 0 Å². The zero-order chi connectivity index (χ0) is 9.64. The van der Waals surface area contributed by atoms with E-state index in [1.165, 1.54) is 0 Å². The molecule has 1 aliphatic rings. The van der Waals surface area contributed by atoms with Gasteiger partial charge in [-0.25, -0.2) is 0 Å². The molecule has 1 heterocycles. The van der Waals surface area contributed by atoms with Gasteiger partial charge in [-0.2, -0.15) is 5.10 Å². The van der Waals surface area contributed by atoms with Crippen LogP contribution >= 0.6 is 15.9 Å². The zero-order valence-corrected chi connectivity index (χ0v) is 8.95. The third-order valence-corrected chi connectivity index (χ3v) is 3.11. The minimum Gasteiger partial charge on any atom is -0.383 e. The fraction of sp³-hybridized carbons (Fsp3) is 0.625. The van der Waals surface area contributed by atoms with Crippen molar-refractivity contribution in [3.63, 3.8) is 0 Å². The van der Waals surface area contributed by atoms with E-state index in [1.807, 2.05) is 7.05 Å². The molecule has 72 valence electrons. The summed E-state index contributed by atoms with van der Waals surface area (Å²) in [6.07, 6.45) is 2.92. The summed E-state index contributed by atoms with van der Waals surface area (Å²) < 4.78 is 2.54. The first-order valence-corrected chi connectivity index (χ1v) is 4.98. The van der Waals surface area contributed by atoms with Crippen molar-refractivity contribution in [1.82, 2.24) is 9.78 Å². The first-order valence-electron chi connectivity index (χ1n) is 4.19. The second kappa shape index (κ2) is 2.80. The number of aliphatic hydroxyl groups is 1. The second-order valence-corrected chi connectivity index (χ2v) is 4.52. The minimum absolute atomic E-state index is 0.117. The number of rotatable bonds is 1. The third kappa shape index (κ3) is 1.31. The minimum atomic E-state index is -0.774. The van der Waals surface area contributed by atoms with E-state index >= 15 is 0 Å². The topological polar surface area (TPSA) is 64.1 Å². The molecule has 0 radical (unpaired) electrons. The van der Waals surface area contributed by atoms with Gasteiger partial charge in [-0.05, 0) is 28.8 Å². The van der Waals surface area contributed by atoms with Gasteiger partial charge in [0.05, 0.1) is 16.4 Å². The van der Waals surface area contributed by atoms with Gasteiger partial charge in [-0.15, -0.1) is 0 Å². The molecule has 1 saturated carbocycles. The van der Waals surface area contributed by atoms with Gasteiger partial charge in [0.25, 0.3) is 0 Å². The average molecular weight is 246 g/mol. The Hall–Kier alpha value is -0.390. The summed E-state index contributed by atoms with van der Waals surface area (Å²) in [6, 6.07) is 0.117. The maximum Gasteiger partial charge on any atom is 0.110 e. The maximum atomic E-state index is 10.1. The van der Waals surface area contributed by atoms with Gasteiger partial charge in [-0.3, -0.25) is 4.68 Å². The molecule has 0 aliphatic heterocycles. The Kier molecular flexibility index (Phi) is 1.98. The molecule has 1 aromatic heterocycles. The lowest BCUT2D eigenvalue weighted by atomic mass is 9.74. The van der Waals surface area contributed by atoms with Crippen LogP contribution in [0, 0.1) is 0 Å². The summed E-state index contributed by atoms with van der Waals surface area (Å²) in [5, 5.41) is 14.2. The molecule has 0 atom stereocenters. The first kappa shape index (κ1) is 9.18. The highest BCUT2D eigenvalue weighted by Gasteiger charge is 2.45. The summed E-state index contributed by atoms with van der Waals surface area (Å²) >= 11 is 3.36. The van der Waals surface area contributed by atoms with Crippen molar-refractivity contribution < 1.29 is 5.11 Å². The molecule has 0 amide bonds. The highest BCUT2D eigenvalue weighted by atomic mass is 79.9. The van der Waals surface area contributed by atoms with Gasteiger partial charge in [0.1, 0.15) is 5.60 Å². The SMILES string of the molecule is Cn1ncc(Br)c1C1(O)CC(N)C1. The van der Waals surface area contributed by atoms with Crippen molar-refractivity contribution in [3.8, 4) is 0 Å². The number of aromatic nitrogens is 2. The Labute approximate surface area is 84.9 Å². The van der Waals surface area contributed by atoms with Crippen molar-refractivity contribution in [2.45, 2.75) is 24.5 Å².